The van der Waals surface area contributed by atoms with E-state index in [1.165, 1.54) is 18.9 Å². The number of nitrogens with zero attached hydrogens (tertiary/aromatic N) is 4. The summed E-state index contributed by atoms with van der Waals surface area (Å²) in [6.07, 6.45) is 5.30. The van der Waals surface area contributed by atoms with Gasteiger partial charge in [0.1, 0.15) is 29.9 Å². The van der Waals surface area contributed by atoms with Crippen LogP contribution in [0.25, 0.3) is 0 Å². The number of thioether (sulfide) groups is 1. The molecule has 6 rings (SSSR count). The lowest BCUT2D eigenvalue weighted by molar-refractivity contribution is -0.205. The maximum atomic E-state index is 12.3. The first-order valence-corrected chi connectivity index (χ1v) is 20.2. The van der Waals surface area contributed by atoms with Crippen molar-refractivity contribution in [2.45, 2.75) is 110 Å². The van der Waals surface area contributed by atoms with E-state index in [-0.39, 0.29) is 30.3 Å². The molecular weight excluding hydrogens is 721 g/mol. The molecule has 12 nitrogen and oxygen atoms in total. The Hall–Kier alpha value is -3.56. The van der Waals surface area contributed by atoms with Crippen LogP contribution in [-0.4, -0.2) is 111 Å². The number of hydrogen-bond donors (Lipinski definition) is 4. The van der Waals surface area contributed by atoms with E-state index in [2.05, 4.69) is 65.8 Å². The minimum atomic E-state index is -1.40. The van der Waals surface area contributed by atoms with Crippen molar-refractivity contribution < 1.29 is 39.4 Å². The Labute approximate surface area is 327 Å². The average Bonchev–Trinajstić information content (AvgIpc) is 3.87. The van der Waals surface area contributed by atoms with Crippen LogP contribution in [-0.2, 0) is 19.0 Å². The average molecular weight is 775 g/mol. The molecule has 1 fully saturated rings. The van der Waals surface area contributed by atoms with Crippen LogP contribution in [0, 0.1) is 11.8 Å². The standard InChI is InChI=1S/C42H54N4O8S/c1-9-26-21(3)30-18-34-37(25(7)53-13-10-14-55-42-41(51)40(50)39(49)35(19-47)54-42)23(5)32(45-34)17-31-22(4)27(11-12-36(48)52-8)38(46-31)24(6)29-15-20(2)28(43-29)16-33(26)44-30/h15-18,22,25,27,35,39-42,47,49-51H,9-14,19H2,1-8H3/t22-,25?,27-,35+,39+,40-,41+,42-/m0/s1. The summed E-state index contributed by atoms with van der Waals surface area (Å²) in [5, 5.41) is 40.2. The lowest BCUT2D eigenvalue weighted by atomic mass is 9.84. The maximum absolute atomic E-state index is 12.3. The monoisotopic (exact) mass is 774 g/mol. The van der Waals surface area contributed by atoms with Crippen molar-refractivity contribution in [3.8, 4) is 0 Å². The van der Waals surface area contributed by atoms with Crippen molar-refractivity contribution in [3.05, 3.63) is 80.5 Å². The first-order valence-electron chi connectivity index (χ1n) is 19.2. The molecule has 1 unspecified atom stereocenters. The molecule has 1 saturated heterocycles. The number of rotatable bonds is 12. The van der Waals surface area contributed by atoms with Gasteiger partial charge in [0.25, 0.3) is 0 Å². The second-order valence-corrected chi connectivity index (χ2v) is 16.1. The van der Waals surface area contributed by atoms with E-state index in [0.29, 0.717) is 25.2 Å². The van der Waals surface area contributed by atoms with Gasteiger partial charge in [-0.25, -0.2) is 15.0 Å². The van der Waals surface area contributed by atoms with Gasteiger partial charge < -0.3 is 34.6 Å². The number of methoxy groups -OCH3 is 1. The van der Waals surface area contributed by atoms with Crippen LogP contribution in [0.4, 0.5) is 0 Å². The third-order valence-corrected chi connectivity index (χ3v) is 12.6. The predicted octanol–water partition coefficient (Wildman–Crippen LogP) is 5.27. The summed E-state index contributed by atoms with van der Waals surface area (Å²) in [4.78, 5) is 32.9. The normalized spacial score (nSPS) is 29.8. The first-order chi connectivity index (χ1) is 26.3. The van der Waals surface area contributed by atoms with Crippen molar-refractivity contribution in [3.63, 3.8) is 0 Å². The minimum absolute atomic E-state index is 0.0115. The summed E-state index contributed by atoms with van der Waals surface area (Å²) in [6, 6.07) is 0. The summed E-state index contributed by atoms with van der Waals surface area (Å²) in [5.74, 6) is 0.317. The fourth-order valence-electron chi connectivity index (χ4n) is 7.96. The van der Waals surface area contributed by atoms with Gasteiger partial charge in [0.15, 0.2) is 0 Å². The van der Waals surface area contributed by atoms with Gasteiger partial charge in [0, 0.05) is 41.8 Å². The number of allylic oxidation sites excluding steroid dienone is 10. The quantitative estimate of drug-likeness (QED) is 0.152. The molecule has 0 saturated carbocycles. The largest absolute Gasteiger partial charge is 0.469 e. The van der Waals surface area contributed by atoms with Gasteiger partial charge in [-0.05, 0) is 112 Å². The molecule has 8 bridgehead atoms. The van der Waals surface area contributed by atoms with Crippen LogP contribution < -0.4 is 0 Å². The number of aliphatic hydroxyl groups is 4. The van der Waals surface area contributed by atoms with Crippen LogP contribution in [0.5, 0.6) is 0 Å². The topological polar surface area (TPSA) is 175 Å². The van der Waals surface area contributed by atoms with Gasteiger partial charge in [0.2, 0.25) is 0 Å². The number of carbonyl (C=O) groups excluding carboxylic acids is 1. The second-order valence-electron chi connectivity index (χ2n) is 14.9. The smallest absolute Gasteiger partial charge is 0.305 e. The second kappa shape index (κ2) is 17.3. The lowest BCUT2D eigenvalue weighted by Gasteiger charge is -2.39. The van der Waals surface area contributed by atoms with Crippen LogP contribution in [0.3, 0.4) is 0 Å². The Morgan fingerprint density at radius 1 is 0.891 bits per heavy atom. The zero-order valence-corrected chi connectivity index (χ0v) is 33.8. The summed E-state index contributed by atoms with van der Waals surface area (Å²) in [6.45, 7) is 14.6. The molecule has 55 heavy (non-hydrogen) atoms. The van der Waals surface area contributed by atoms with Crippen LogP contribution in [0.2, 0.25) is 0 Å². The van der Waals surface area contributed by atoms with Gasteiger partial charge in [-0.2, -0.15) is 0 Å². The molecule has 0 spiro atoms. The van der Waals surface area contributed by atoms with E-state index in [9.17, 15) is 25.2 Å². The number of aliphatic imine (C=N–C) groups is 4. The number of hydrogen-bond acceptors (Lipinski definition) is 13. The molecule has 0 aliphatic carbocycles. The van der Waals surface area contributed by atoms with E-state index < -0.39 is 36.5 Å². The van der Waals surface area contributed by atoms with Crippen molar-refractivity contribution in [1.82, 2.24) is 0 Å². The van der Waals surface area contributed by atoms with Gasteiger partial charge in [-0.15, -0.1) is 11.8 Å². The number of carbonyl (C=O) groups is 1. The number of esters is 1. The van der Waals surface area contributed by atoms with Crippen molar-refractivity contribution in [2.75, 3.05) is 26.1 Å². The SMILES string of the molecule is CCC1=C(C)C2=CC3=NC(=CC4=NC(=C(C)C5=NC(=CC1=N2)C(C)=C5)[C@@H](CCC(=O)OC)[C@@H]4C)C(C)=C3C(C)OCCCS[C@@H]1O[C@H](CO)[C@@H](O)[C@H](O)[C@H]1O. The molecule has 0 aromatic heterocycles. The number of aliphatic hydroxyl groups excluding tert-OH is 4. The fraction of sp³-hybridized carbons (Fsp3) is 0.548. The first kappa shape index (κ1) is 41.1. The van der Waals surface area contributed by atoms with E-state index in [1.807, 2.05) is 6.92 Å². The van der Waals surface area contributed by atoms with E-state index >= 15 is 0 Å². The highest BCUT2D eigenvalue weighted by Gasteiger charge is 2.43. The summed E-state index contributed by atoms with van der Waals surface area (Å²) in [5.41, 5.74) is 12.3. The third kappa shape index (κ3) is 8.30. The molecule has 0 aromatic rings. The molecule has 0 aromatic carbocycles. The lowest BCUT2D eigenvalue weighted by Crippen LogP contribution is -2.57. The summed E-state index contributed by atoms with van der Waals surface area (Å²) >= 11 is 1.31. The highest BCUT2D eigenvalue weighted by Crippen LogP contribution is 2.41. The molecule has 6 aliphatic heterocycles. The molecule has 13 heteroatoms. The highest BCUT2D eigenvalue weighted by atomic mass is 32.2. The Morgan fingerprint density at radius 2 is 1.58 bits per heavy atom. The molecule has 4 N–H and O–H groups in total. The third-order valence-electron chi connectivity index (χ3n) is 11.4. The zero-order chi connectivity index (χ0) is 39.7. The molecule has 6 heterocycles. The Balaban J connectivity index is 1.32. The van der Waals surface area contributed by atoms with E-state index in [0.717, 1.165) is 85.5 Å². The van der Waals surface area contributed by atoms with Crippen molar-refractivity contribution in [2.24, 2.45) is 31.8 Å². The maximum Gasteiger partial charge on any atom is 0.305 e. The predicted molar refractivity (Wildman–Crippen MR) is 216 cm³/mol. The Kier molecular flexibility index (Phi) is 12.9. The molecule has 296 valence electrons. The highest BCUT2D eigenvalue weighted by molar-refractivity contribution is 7.99. The zero-order valence-electron chi connectivity index (χ0n) is 33.0. The molecule has 8 atom stereocenters. The van der Waals surface area contributed by atoms with Crippen LogP contribution in [0.1, 0.15) is 74.1 Å². The Morgan fingerprint density at radius 3 is 2.29 bits per heavy atom. The number of fused-ring (bicyclic) bond motifs is 4. The van der Waals surface area contributed by atoms with Crippen molar-refractivity contribution >= 4 is 40.6 Å². The molecule has 0 radical (unpaired) electrons. The van der Waals surface area contributed by atoms with Crippen molar-refractivity contribution in [1.29, 1.82) is 0 Å². The molecule has 6 aliphatic rings. The van der Waals surface area contributed by atoms with E-state index in [4.69, 9.17) is 34.2 Å². The van der Waals surface area contributed by atoms with Gasteiger partial charge >= 0.3 is 5.97 Å². The van der Waals surface area contributed by atoms with Gasteiger partial charge in [-0.3, -0.25) is 9.79 Å². The van der Waals surface area contributed by atoms with Gasteiger partial charge in [-0.1, -0.05) is 13.8 Å². The van der Waals surface area contributed by atoms with E-state index in [1.54, 1.807) is 0 Å². The van der Waals surface area contributed by atoms with Gasteiger partial charge in [0.05, 0.1) is 54.0 Å². The minimum Gasteiger partial charge on any atom is -0.469 e. The van der Waals surface area contributed by atoms with Crippen LogP contribution in [0.15, 0.2) is 101 Å². The van der Waals surface area contributed by atoms with Crippen LogP contribution >= 0.6 is 11.8 Å². The molecular formula is C42H54N4O8S. The summed E-state index contributed by atoms with van der Waals surface area (Å²) in [7, 11) is 1.42. The molecule has 0 amide bonds. The number of ether oxygens (including phenoxy) is 3. The Bertz CT molecular complexity index is 1940. The summed E-state index contributed by atoms with van der Waals surface area (Å²) < 4.78 is 17.1. The fourth-order valence-corrected chi connectivity index (χ4v) is 9.06.